The van der Waals surface area contributed by atoms with Crippen molar-refractivity contribution in [3.8, 4) is 0 Å². The number of amides is 1. The second-order valence-corrected chi connectivity index (χ2v) is 5.45. The van der Waals surface area contributed by atoms with E-state index in [1.807, 2.05) is 37.2 Å². The van der Waals surface area contributed by atoms with E-state index in [9.17, 15) is 9.90 Å². The summed E-state index contributed by atoms with van der Waals surface area (Å²) in [6.07, 6.45) is 1.28. The fourth-order valence-corrected chi connectivity index (χ4v) is 2.32. The lowest BCUT2D eigenvalue weighted by Crippen LogP contribution is -2.54. The van der Waals surface area contributed by atoms with Crippen LogP contribution in [0.1, 0.15) is 23.2 Å². The van der Waals surface area contributed by atoms with Crippen LogP contribution in [0.2, 0.25) is 0 Å². The summed E-state index contributed by atoms with van der Waals surface area (Å²) in [6, 6.07) is 7.44. The van der Waals surface area contributed by atoms with Crippen LogP contribution in [0.3, 0.4) is 0 Å². The molecule has 1 amide bonds. The molecule has 110 valence electrons. The summed E-state index contributed by atoms with van der Waals surface area (Å²) < 4.78 is 5.30. The Morgan fingerprint density at radius 1 is 1.40 bits per heavy atom. The van der Waals surface area contributed by atoms with Crippen molar-refractivity contribution in [2.75, 3.05) is 38.8 Å². The van der Waals surface area contributed by atoms with Gasteiger partial charge in [0.1, 0.15) is 0 Å². The monoisotopic (exact) mass is 278 g/mol. The van der Waals surface area contributed by atoms with Crippen LogP contribution in [0.4, 0.5) is 5.69 Å². The van der Waals surface area contributed by atoms with Gasteiger partial charge in [0.25, 0.3) is 5.91 Å². The van der Waals surface area contributed by atoms with Crippen molar-refractivity contribution >= 4 is 11.6 Å². The van der Waals surface area contributed by atoms with Gasteiger partial charge >= 0.3 is 0 Å². The first kappa shape index (κ1) is 14.8. The maximum absolute atomic E-state index is 12.4. The van der Waals surface area contributed by atoms with E-state index in [0.29, 0.717) is 31.6 Å². The number of hydrogen-bond acceptors (Lipinski definition) is 4. The SMILES string of the molecule is CN(C)c1cccc(C(=O)NC2(CO)CCOCC2)c1. The van der Waals surface area contributed by atoms with Gasteiger partial charge in [0.2, 0.25) is 0 Å². The van der Waals surface area contributed by atoms with Crippen LogP contribution in [0.5, 0.6) is 0 Å². The van der Waals surface area contributed by atoms with Crippen LogP contribution in [0, 0.1) is 0 Å². The second-order valence-electron chi connectivity index (χ2n) is 5.45. The number of carbonyl (C=O) groups excluding carboxylic acids is 1. The smallest absolute Gasteiger partial charge is 0.251 e. The quantitative estimate of drug-likeness (QED) is 0.863. The van der Waals surface area contributed by atoms with Crippen LogP contribution < -0.4 is 10.2 Å². The van der Waals surface area contributed by atoms with E-state index < -0.39 is 5.54 Å². The Kier molecular flexibility index (Phi) is 4.62. The zero-order valence-corrected chi connectivity index (χ0v) is 12.1. The molecule has 20 heavy (non-hydrogen) atoms. The number of nitrogens with zero attached hydrogens (tertiary/aromatic N) is 1. The predicted octanol–water partition coefficient (Wildman–Crippen LogP) is 1.02. The normalized spacial score (nSPS) is 17.6. The number of hydrogen-bond donors (Lipinski definition) is 2. The summed E-state index contributed by atoms with van der Waals surface area (Å²) >= 11 is 0. The maximum atomic E-state index is 12.4. The molecule has 0 bridgehead atoms. The van der Waals surface area contributed by atoms with Gasteiger partial charge in [0.05, 0.1) is 12.1 Å². The molecule has 1 aromatic carbocycles. The molecule has 0 aromatic heterocycles. The molecule has 1 aliphatic heterocycles. The van der Waals surface area contributed by atoms with Gasteiger partial charge in [-0.3, -0.25) is 4.79 Å². The molecule has 1 heterocycles. The van der Waals surface area contributed by atoms with Gasteiger partial charge in [-0.1, -0.05) is 6.07 Å². The first-order chi connectivity index (χ1) is 9.56. The lowest BCUT2D eigenvalue weighted by Gasteiger charge is -2.36. The summed E-state index contributed by atoms with van der Waals surface area (Å²) in [6.45, 7) is 1.08. The number of nitrogens with one attached hydrogen (secondary N) is 1. The lowest BCUT2D eigenvalue weighted by atomic mass is 9.90. The first-order valence-electron chi connectivity index (χ1n) is 6.85. The van der Waals surface area contributed by atoms with Crippen molar-refractivity contribution in [1.29, 1.82) is 0 Å². The molecule has 2 rings (SSSR count). The molecule has 1 saturated heterocycles. The van der Waals surface area contributed by atoms with Crippen LogP contribution in [0.15, 0.2) is 24.3 Å². The van der Waals surface area contributed by atoms with Crippen LogP contribution in [0.25, 0.3) is 0 Å². The molecule has 5 heteroatoms. The minimum Gasteiger partial charge on any atom is -0.394 e. The number of aliphatic hydroxyl groups excluding tert-OH is 1. The van der Waals surface area contributed by atoms with E-state index in [1.165, 1.54) is 0 Å². The maximum Gasteiger partial charge on any atom is 0.251 e. The van der Waals surface area contributed by atoms with E-state index in [-0.39, 0.29) is 12.5 Å². The third kappa shape index (κ3) is 3.29. The Hall–Kier alpha value is -1.59. The summed E-state index contributed by atoms with van der Waals surface area (Å²) in [7, 11) is 3.87. The molecule has 0 saturated carbocycles. The molecule has 1 fully saturated rings. The molecule has 0 aliphatic carbocycles. The van der Waals surface area contributed by atoms with Gasteiger partial charge in [0, 0.05) is 38.6 Å². The third-order valence-electron chi connectivity index (χ3n) is 3.76. The van der Waals surface area contributed by atoms with Gasteiger partial charge < -0.3 is 20.1 Å². The fraction of sp³-hybridized carbons (Fsp3) is 0.533. The molecule has 0 spiro atoms. The molecular formula is C15H22N2O3. The van der Waals surface area contributed by atoms with Crippen molar-refractivity contribution in [3.63, 3.8) is 0 Å². The van der Waals surface area contributed by atoms with E-state index in [4.69, 9.17) is 4.74 Å². The molecule has 1 aromatic rings. The van der Waals surface area contributed by atoms with Gasteiger partial charge in [0.15, 0.2) is 0 Å². The summed E-state index contributed by atoms with van der Waals surface area (Å²) in [5.41, 5.74) is 1.03. The Morgan fingerprint density at radius 2 is 2.10 bits per heavy atom. The van der Waals surface area contributed by atoms with Gasteiger partial charge in [-0.25, -0.2) is 0 Å². The largest absolute Gasteiger partial charge is 0.394 e. The number of rotatable bonds is 4. The van der Waals surface area contributed by atoms with Crippen LogP contribution in [-0.4, -0.2) is 50.5 Å². The number of aliphatic hydroxyl groups is 1. The number of carbonyl (C=O) groups is 1. The van der Waals surface area contributed by atoms with Gasteiger partial charge in [-0.15, -0.1) is 0 Å². The van der Waals surface area contributed by atoms with E-state index in [1.54, 1.807) is 6.07 Å². The highest BCUT2D eigenvalue weighted by Crippen LogP contribution is 2.21. The van der Waals surface area contributed by atoms with Crippen molar-refractivity contribution in [2.45, 2.75) is 18.4 Å². The highest BCUT2D eigenvalue weighted by Gasteiger charge is 2.33. The Morgan fingerprint density at radius 3 is 2.70 bits per heavy atom. The zero-order valence-electron chi connectivity index (χ0n) is 12.1. The number of ether oxygens (including phenoxy) is 1. The fourth-order valence-electron chi connectivity index (χ4n) is 2.32. The molecule has 0 atom stereocenters. The highest BCUT2D eigenvalue weighted by atomic mass is 16.5. The first-order valence-corrected chi connectivity index (χ1v) is 6.85. The summed E-state index contributed by atoms with van der Waals surface area (Å²) in [5.74, 6) is -0.148. The highest BCUT2D eigenvalue weighted by molar-refractivity contribution is 5.95. The molecular weight excluding hydrogens is 256 g/mol. The average Bonchev–Trinajstić information content (AvgIpc) is 2.48. The molecule has 2 N–H and O–H groups in total. The molecule has 1 aliphatic rings. The van der Waals surface area contributed by atoms with E-state index in [2.05, 4.69) is 5.32 Å². The third-order valence-corrected chi connectivity index (χ3v) is 3.76. The van der Waals surface area contributed by atoms with E-state index in [0.717, 1.165) is 5.69 Å². The minimum atomic E-state index is -0.552. The van der Waals surface area contributed by atoms with Gasteiger partial charge in [-0.05, 0) is 31.0 Å². The van der Waals surface area contributed by atoms with Crippen molar-refractivity contribution in [1.82, 2.24) is 5.32 Å². The van der Waals surface area contributed by atoms with Gasteiger partial charge in [-0.2, -0.15) is 0 Å². The van der Waals surface area contributed by atoms with E-state index >= 15 is 0 Å². The number of benzene rings is 1. The second kappa shape index (κ2) is 6.24. The number of anilines is 1. The van der Waals surface area contributed by atoms with Crippen molar-refractivity contribution in [2.24, 2.45) is 0 Å². The van der Waals surface area contributed by atoms with Crippen LogP contribution in [-0.2, 0) is 4.74 Å². The minimum absolute atomic E-state index is 0.0600. The Labute approximate surface area is 119 Å². The summed E-state index contributed by atoms with van der Waals surface area (Å²) in [4.78, 5) is 14.3. The standard InChI is InChI=1S/C15H22N2O3/c1-17(2)13-5-3-4-12(10-13)14(19)16-15(11-18)6-8-20-9-7-15/h3-5,10,18H,6-9,11H2,1-2H3,(H,16,19). The summed E-state index contributed by atoms with van der Waals surface area (Å²) in [5, 5.41) is 12.6. The lowest BCUT2D eigenvalue weighted by molar-refractivity contribution is 0.0125. The van der Waals surface area contributed by atoms with Crippen molar-refractivity contribution in [3.05, 3.63) is 29.8 Å². The Bertz CT molecular complexity index is 468. The Balaban J connectivity index is 2.12. The molecule has 0 unspecified atom stereocenters. The molecule has 0 radical (unpaired) electrons. The predicted molar refractivity (Wildman–Crippen MR) is 78.1 cm³/mol. The van der Waals surface area contributed by atoms with Crippen LogP contribution >= 0.6 is 0 Å². The molecule has 5 nitrogen and oxygen atoms in total. The topological polar surface area (TPSA) is 61.8 Å². The zero-order chi connectivity index (χ0) is 14.6. The average molecular weight is 278 g/mol. The van der Waals surface area contributed by atoms with Crippen molar-refractivity contribution < 1.29 is 14.6 Å².